The quantitative estimate of drug-likeness (QED) is 0.389. The third kappa shape index (κ3) is 5.75. The van der Waals surface area contributed by atoms with Crippen LogP contribution in [0, 0.1) is 11.8 Å². The van der Waals surface area contributed by atoms with Gasteiger partial charge in [-0.1, -0.05) is 18.1 Å². The molecule has 2 aromatic carbocycles. The first-order chi connectivity index (χ1) is 12.7. The molecule has 0 aliphatic carbocycles. The maximum atomic E-state index is 12.3. The van der Waals surface area contributed by atoms with Crippen molar-refractivity contribution in [1.29, 1.82) is 0 Å². The first-order valence-electron chi connectivity index (χ1n) is 8.27. The number of methoxy groups -OCH3 is 1. The van der Waals surface area contributed by atoms with Crippen molar-refractivity contribution in [3.8, 4) is 23.3 Å². The molecular formula is C21H22O4S. The molecule has 0 aliphatic heterocycles. The largest absolute Gasteiger partial charge is 0.494 e. The predicted octanol–water partition coefficient (Wildman–Crippen LogP) is 4.49. The first kappa shape index (κ1) is 19.7. The van der Waals surface area contributed by atoms with Gasteiger partial charge in [0.25, 0.3) is 0 Å². The van der Waals surface area contributed by atoms with Crippen LogP contribution < -0.4 is 9.47 Å². The van der Waals surface area contributed by atoms with Gasteiger partial charge < -0.3 is 14.2 Å². The summed E-state index contributed by atoms with van der Waals surface area (Å²) in [7, 11) is 1.40. The van der Waals surface area contributed by atoms with Gasteiger partial charge in [-0.15, -0.1) is 17.7 Å². The standard InChI is InChI=1S/C21H22O4S/c1-4-6-15-25-18-11-13-19(14-12-18)26-20(21(22)23-3)16-7-9-17(10-8-16)24-5-2/h7-14,20H,5,15H2,1-3H3. The average Bonchev–Trinajstić information content (AvgIpc) is 2.68. The van der Waals surface area contributed by atoms with Crippen LogP contribution >= 0.6 is 11.8 Å². The van der Waals surface area contributed by atoms with Crippen molar-refractivity contribution in [2.24, 2.45) is 0 Å². The van der Waals surface area contributed by atoms with Gasteiger partial charge in [0.1, 0.15) is 23.4 Å². The van der Waals surface area contributed by atoms with Gasteiger partial charge in [0.2, 0.25) is 0 Å². The summed E-state index contributed by atoms with van der Waals surface area (Å²) in [5, 5.41) is -0.451. The lowest BCUT2D eigenvalue weighted by Crippen LogP contribution is -2.11. The smallest absolute Gasteiger partial charge is 0.323 e. The van der Waals surface area contributed by atoms with Crippen LogP contribution in [0.4, 0.5) is 0 Å². The highest BCUT2D eigenvalue weighted by atomic mass is 32.2. The van der Waals surface area contributed by atoms with Crippen LogP contribution in [0.2, 0.25) is 0 Å². The summed E-state index contributed by atoms with van der Waals surface area (Å²) in [6.07, 6.45) is 0. The minimum Gasteiger partial charge on any atom is -0.494 e. The van der Waals surface area contributed by atoms with E-state index in [0.717, 1.165) is 22.0 Å². The van der Waals surface area contributed by atoms with E-state index in [9.17, 15) is 4.79 Å². The fourth-order valence-electron chi connectivity index (χ4n) is 2.21. The van der Waals surface area contributed by atoms with Crippen LogP contribution in [0.3, 0.4) is 0 Å². The van der Waals surface area contributed by atoms with Gasteiger partial charge in [-0.2, -0.15) is 0 Å². The molecule has 1 atom stereocenters. The van der Waals surface area contributed by atoms with Gasteiger partial charge in [0.15, 0.2) is 0 Å². The second kappa shape index (κ2) is 10.4. The summed E-state index contributed by atoms with van der Waals surface area (Å²) in [6, 6.07) is 15.1. The molecule has 0 heterocycles. The lowest BCUT2D eigenvalue weighted by molar-refractivity contribution is -0.140. The Morgan fingerprint density at radius 2 is 1.65 bits per heavy atom. The summed E-state index contributed by atoms with van der Waals surface area (Å²) < 4.78 is 15.9. The Bertz CT molecular complexity index is 757. The highest BCUT2D eigenvalue weighted by molar-refractivity contribution is 8.00. The van der Waals surface area contributed by atoms with Gasteiger partial charge in [-0.3, -0.25) is 4.79 Å². The molecule has 136 valence electrons. The van der Waals surface area contributed by atoms with E-state index in [1.165, 1.54) is 18.9 Å². The van der Waals surface area contributed by atoms with Crippen LogP contribution in [-0.2, 0) is 9.53 Å². The van der Waals surface area contributed by atoms with E-state index in [4.69, 9.17) is 14.2 Å². The molecule has 5 heteroatoms. The summed E-state index contributed by atoms with van der Waals surface area (Å²) in [4.78, 5) is 13.2. The topological polar surface area (TPSA) is 44.8 Å². The van der Waals surface area contributed by atoms with Gasteiger partial charge in [-0.25, -0.2) is 0 Å². The fourth-order valence-corrected chi connectivity index (χ4v) is 3.26. The SMILES string of the molecule is CC#CCOc1ccc(SC(C(=O)OC)c2ccc(OCC)cc2)cc1. The summed E-state index contributed by atoms with van der Waals surface area (Å²) >= 11 is 1.43. The maximum Gasteiger partial charge on any atom is 0.323 e. The Morgan fingerprint density at radius 1 is 1.04 bits per heavy atom. The van der Waals surface area contributed by atoms with Crippen LogP contribution in [0.5, 0.6) is 11.5 Å². The van der Waals surface area contributed by atoms with Gasteiger partial charge in [0.05, 0.1) is 13.7 Å². The first-order valence-corrected chi connectivity index (χ1v) is 9.15. The zero-order chi connectivity index (χ0) is 18.8. The van der Waals surface area contributed by atoms with Crippen molar-refractivity contribution in [2.45, 2.75) is 24.0 Å². The number of carbonyl (C=O) groups is 1. The van der Waals surface area contributed by atoms with E-state index in [1.807, 2.05) is 55.5 Å². The lowest BCUT2D eigenvalue weighted by Gasteiger charge is -2.15. The van der Waals surface area contributed by atoms with Crippen molar-refractivity contribution in [3.63, 3.8) is 0 Å². The lowest BCUT2D eigenvalue weighted by atomic mass is 10.1. The minimum absolute atomic E-state index is 0.294. The summed E-state index contributed by atoms with van der Waals surface area (Å²) in [5.41, 5.74) is 0.865. The average molecular weight is 370 g/mol. The number of ether oxygens (including phenoxy) is 3. The molecule has 0 spiro atoms. The minimum atomic E-state index is -0.451. The zero-order valence-electron chi connectivity index (χ0n) is 15.2. The molecule has 0 aromatic heterocycles. The molecule has 4 nitrogen and oxygen atoms in total. The Hall–Kier alpha value is -2.58. The number of thioether (sulfide) groups is 1. The van der Waals surface area contributed by atoms with Gasteiger partial charge >= 0.3 is 5.97 Å². The number of hydrogen-bond acceptors (Lipinski definition) is 5. The van der Waals surface area contributed by atoms with E-state index in [-0.39, 0.29) is 5.97 Å². The van der Waals surface area contributed by atoms with Crippen LogP contribution in [0.25, 0.3) is 0 Å². The molecule has 2 aromatic rings. The molecule has 0 aliphatic rings. The number of esters is 1. The summed E-state index contributed by atoms with van der Waals surface area (Å²) in [5.74, 6) is 6.87. The molecular weight excluding hydrogens is 348 g/mol. The molecule has 0 fully saturated rings. The number of benzene rings is 2. The Kier molecular flexibility index (Phi) is 7.91. The molecule has 0 bridgehead atoms. The van der Waals surface area contributed by atoms with Crippen molar-refractivity contribution in [1.82, 2.24) is 0 Å². The monoisotopic (exact) mass is 370 g/mol. The highest BCUT2D eigenvalue weighted by Gasteiger charge is 2.23. The second-order valence-electron chi connectivity index (χ2n) is 5.21. The van der Waals surface area contributed by atoms with Crippen LogP contribution in [-0.4, -0.2) is 26.3 Å². The molecule has 1 unspecified atom stereocenters. The Morgan fingerprint density at radius 3 is 2.23 bits per heavy atom. The molecule has 0 N–H and O–H groups in total. The van der Waals surface area contributed by atoms with E-state index in [1.54, 1.807) is 6.92 Å². The second-order valence-corrected chi connectivity index (χ2v) is 6.39. The molecule has 26 heavy (non-hydrogen) atoms. The van der Waals surface area contributed by atoms with Crippen molar-refractivity contribution < 1.29 is 19.0 Å². The van der Waals surface area contributed by atoms with Crippen molar-refractivity contribution in [2.75, 3.05) is 20.3 Å². The van der Waals surface area contributed by atoms with E-state index >= 15 is 0 Å². The Labute approximate surface area is 158 Å². The van der Waals surface area contributed by atoms with E-state index < -0.39 is 5.25 Å². The third-order valence-electron chi connectivity index (χ3n) is 3.47. The predicted molar refractivity (Wildman–Crippen MR) is 104 cm³/mol. The fraction of sp³-hybridized carbons (Fsp3) is 0.286. The van der Waals surface area contributed by atoms with Gasteiger partial charge in [-0.05, 0) is 55.8 Å². The normalized spacial score (nSPS) is 11.0. The zero-order valence-corrected chi connectivity index (χ0v) is 16.0. The molecule has 0 amide bonds. The van der Waals surface area contributed by atoms with Crippen LogP contribution in [0.1, 0.15) is 24.7 Å². The number of rotatable bonds is 8. The maximum absolute atomic E-state index is 12.3. The molecule has 0 saturated carbocycles. The van der Waals surface area contributed by atoms with E-state index in [0.29, 0.717) is 13.2 Å². The number of hydrogen-bond donors (Lipinski definition) is 0. The molecule has 2 rings (SSSR count). The van der Waals surface area contributed by atoms with E-state index in [2.05, 4.69) is 11.8 Å². The number of carbonyl (C=O) groups excluding carboxylic acids is 1. The van der Waals surface area contributed by atoms with Crippen molar-refractivity contribution in [3.05, 3.63) is 54.1 Å². The highest BCUT2D eigenvalue weighted by Crippen LogP contribution is 2.37. The Balaban J connectivity index is 2.12. The van der Waals surface area contributed by atoms with Gasteiger partial charge in [0, 0.05) is 4.90 Å². The molecule has 0 saturated heterocycles. The van der Waals surface area contributed by atoms with Crippen molar-refractivity contribution >= 4 is 17.7 Å². The van der Waals surface area contributed by atoms with Crippen LogP contribution in [0.15, 0.2) is 53.4 Å². The summed E-state index contributed by atoms with van der Waals surface area (Å²) in [6.45, 7) is 4.67. The molecule has 0 radical (unpaired) electrons. The third-order valence-corrected chi connectivity index (χ3v) is 4.72.